The van der Waals surface area contributed by atoms with E-state index in [4.69, 9.17) is 5.73 Å². The van der Waals surface area contributed by atoms with Crippen LogP contribution in [0.3, 0.4) is 0 Å². The first kappa shape index (κ1) is 9.34. The van der Waals surface area contributed by atoms with Crippen LogP contribution < -0.4 is 5.73 Å². The molecule has 1 heterocycles. The van der Waals surface area contributed by atoms with Crippen molar-refractivity contribution < 1.29 is 0 Å². The van der Waals surface area contributed by atoms with Gasteiger partial charge in [-0.15, -0.1) is 0 Å². The van der Waals surface area contributed by atoms with E-state index in [1.54, 1.807) is 0 Å². The molecule has 1 aromatic rings. The van der Waals surface area contributed by atoms with Crippen LogP contribution in [0.4, 0.5) is 0 Å². The monoisotopic (exact) mass is 202 g/mol. The summed E-state index contributed by atoms with van der Waals surface area (Å²) >= 11 is 0. The molecule has 2 nitrogen and oxygen atoms in total. The predicted octanol–water partition coefficient (Wildman–Crippen LogP) is 2.38. The summed E-state index contributed by atoms with van der Waals surface area (Å²) in [5.74, 6) is 0. The molecule has 0 atom stereocenters. The van der Waals surface area contributed by atoms with E-state index >= 15 is 0 Å². The molecule has 0 spiro atoms. The van der Waals surface area contributed by atoms with Crippen LogP contribution in [0.5, 0.6) is 0 Å². The Kier molecular flexibility index (Phi) is 1.90. The van der Waals surface area contributed by atoms with Crippen LogP contribution in [-0.2, 0) is 5.41 Å². The quantitative estimate of drug-likeness (QED) is 0.759. The van der Waals surface area contributed by atoms with E-state index in [0.717, 1.165) is 0 Å². The standard InChI is InChI=1S/C13H18N2/c14-13-7-4-12(5-8-13,6-9-13)11-3-1-2-10-15-11/h1-3,10H,4-9,14H2. The molecule has 3 aliphatic rings. The van der Waals surface area contributed by atoms with Crippen molar-refractivity contribution in [3.8, 4) is 0 Å². The lowest BCUT2D eigenvalue weighted by Gasteiger charge is -2.51. The SMILES string of the molecule is NC12CCC(c3ccccn3)(CC1)CC2. The molecule has 1 aromatic heterocycles. The van der Waals surface area contributed by atoms with Gasteiger partial charge >= 0.3 is 0 Å². The van der Waals surface area contributed by atoms with Crippen LogP contribution in [0.1, 0.15) is 44.2 Å². The van der Waals surface area contributed by atoms with Gasteiger partial charge in [-0.1, -0.05) is 6.07 Å². The van der Waals surface area contributed by atoms with E-state index in [9.17, 15) is 0 Å². The Bertz CT molecular complexity index is 334. The fraction of sp³-hybridized carbons (Fsp3) is 0.615. The van der Waals surface area contributed by atoms with Crippen LogP contribution in [0.15, 0.2) is 24.4 Å². The molecule has 4 rings (SSSR count). The van der Waals surface area contributed by atoms with Crippen molar-refractivity contribution in [2.75, 3.05) is 0 Å². The lowest BCUT2D eigenvalue weighted by atomic mass is 9.56. The molecule has 0 radical (unpaired) electrons. The number of nitrogens with zero attached hydrogens (tertiary/aromatic N) is 1. The van der Waals surface area contributed by atoms with Crippen molar-refractivity contribution in [3.63, 3.8) is 0 Å². The summed E-state index contributed by atoms with van der Waals surface area (Å²) in [6, 6.07) is 6.30. The minimum atomic E-state index is 0.163. The molecule has 2 bridgehead atoms. The highest BCUT2D eigenvalue weighted by Crippen LogP contribution is 2.51. The zero-order chi connectivity index (χ0) is 10.4. The van der Waals surface area contributed by atoms with Gasteiger partial charge in [0.05, 0.1) is 0 Å². The van der Waals surface area contributed by atoms with Gasteiger partial charge in [0.1, 0.15) is 0 Å². The Morgan fingerprint density at radius 3 is 2.20 bits per heavy atom. The largest absolute Gasteiger partial charge is 0.325 e. The molecule has 2 N–H and O–H groups in total. The molecule has 3 aliphatic carbocycles. The molecule has 15 heavy (non-hydrogen) atoms. The van der Waals surface area contributed by atoms with Crippen LogP contribution in [-0.4, -0.2) is 10.5 Å². The third-order valence-corrected chi connectivity index (χ3v) is 4.51. The van der Waals surface area contributed by atoms with E-state index in [-0.39, 0.29) is 5.54 Å². The molecule has 2 heteroatoms. The molecule has 3 saturated carbocycles. The molecule has 0 aliphatic heterocycles. The second-order valence-corrected chi connectivity index (χ2v) is 5.36. The van der Waals surface area contributed by atoms with E-state index in [1.807, 2.05) is 12.3 Å². The van der Waals surface area contributed by atoms with Gasteiger partial charge in [-0.25, -0.2) is 0 Å². The molecule has 80 valence electrons. The van der Waals surface area contributed by atoms with Crippen molar-refractivity contribution in [2.45, 2.75) is 49.5 Å². The molecular weight excluding hydrogens is 184 g/mol. The van der Waals surface area contributed by atoms with Crippen LogP contribution in [0, 0.1) is 0 Å². The number of rotatable bonds is 1. The van der Waals surface area contributed by atoms with Gasteiger partial charge in [-0.2, -0.15) is 0 Å². The van der Waals surface area contributed by atoms with Crippen LogP contribution >= 0.6 is 0 Å². The average Bonchev–Trinajstić information content (AvgIpc) is 2.32. The first-order chi connectivity index (χ1) is 7.23. The zero-order valence-electron chi connectivity index (χ0n) is 9.08. The maximum absolute atomic E-state index is 6.31. The van der Waals surface area contributed by atoms with Gasteiger partial charge in [0, 0.05) is 22.8 Å². The van der Waals surface area contributed by atoms with Crippen molar-refractivity contribution in [1.82, 2.24) is 4.98 Å². The number of hydrogen-bond acceptors (Lipinski definition) is 2. The third-order valence-electron chi connectivity index (χ3n) is 4.51. The minimum absolute atomic E-state index is 0.163. The van der Waals surface area contributed by atoms with Crippen molar-refractivity contribution in [2.24, 2.45) is 5.73 Å². The van der Waals surface area contributed by atoms with Crippen molar-refractivity contribution in [1.29, 1.82) is 0 Å². The Hall–Kier alpha value is -0.890. The van der Waals surface area contributed by atoms with Crippen LogP contribution in [0.25, 0.3) is 0 Å². The highest BCUT2D eigenvalue weighted by atomic mass is 14.8. The summed E-state index contributed by atoms with van der Waals surface area (Å²) in [4.78, 5) is 4.55. The second kappa shape index (κ2) is 3.05. The summed E-state index contributed by atoms with van der Waals surface area (Å²) in [6.45, 7) is 0. The molecule has 0 aromatic carbocycles. The zero-order valence-corrected chi connectivity index (χ0v) is 9.08. The molecule has 3 fully saturated rings. The van der Waals surface area contributed by atoms with Gasteiger partial charge in [-0.3, -0.25) is 4.98 Å². The summed E-state index contributed by atoms with van der Waals surface area (Å²) < 4.78 is 0. The van der Waals surface area contributed by atoms with E-state index in [0.29, 0.717) is 5.41 Å². The first-order valence-electron chi connectivity index (χ1n) is 5.93. The van der Waals surface area contributed by atoms with Gasteiger partial charge in [0.25, 0.3) is 0 Å². The highest BCUT2D eigenvalue weighted by Gasteiger charge is 2.47. The number of nitrogens with two attached hydrogens (primary N) is 1. The number of aromatic nitrogens is 1. The Morgan fingerprint density at radius 1 is 1.00 bits per heavy atom. The minimum Gasteiger partial charge on any atom is -0.325 e. The summed E-state index contributed by atoms with van der Waals surface area (Å²) in [5, 5.41) is 0. The fourth-order valence-corrected chi connectivity index (χ4v) is 3.28. The maximum Gasteiger partial charge on any atom is 0.0465 e. The van der Waals surface area contributed by atoms with Gasteiger partial charge in [0.15, 0.2) is 0 Å². The number of pyridine rings is 1. The third kappa shape index (κ3) is 1.39. The van der Waals surface area contributed by atoms with Crippen LogP contribution in [0.2, 0.25) is 0 Å². The van der Waals surface area contributed by atoms with E-state index in [2.05, 4.69) is 17.1 Å². The first-order valence-corrected chi connectivity index (χ1v) is 5.93. The second-order valence-electron chi connectivity index (χ2n) is 5.36. The Morgan fingerprint density at radius 2 is 1.67 bits per heavy atom. The summed E-state index contributed by atoms with van der Waals surface area (Å²) in [5.41, 5.74) is 8.14. The van der Waals surface area contributed by atoms with Crippen molar-refractivity contribution in [3.05, 3.63) is 30.1 Å². The van der Waals surface area contributed by atoms with Gasteiger partial charge in [-0.05, 0) is 50.7 Å². The highest BCUT2D eigenvalue weighted by molar-refractivity contribution is 5.22. The van der Waals surface area contributed by atoms with Gasteiger partial charge in [0.2, 0.25) is 0 Å². The lowest BCUT2D eigenvalue weighted by Crippen LogP contribution is -2.53. The number of hydrogen-bond donors (Lipinski definition) is 1. The van der Waals surface area contributed by atoms with E-state index in [1.165, 1.54) is 44.2 Å². The fourth-order valence-electron chi connectivity index (χ4n) is 3.28. The molecule has 0 amide bonds. The van der Waals surface area contributed by atoms with E-state index < -0.39 is 0 Å². The van der Waals surface area contributed by atoms with Gasteiger partial charge < -0.3 is 5.73 Å². The Balaban J connectivity index is 1.94. The Labute approximate surface area is 90.9 Å². The smallest absolute Gasteiger partial charge is 0.0465 e. The lowest BCUT2D eigenvalue weighted by molar-refractivity contribution is 0.104. The summed E-state index contributed by atoms with van der Waals surface area (Å²) in [7, 11) is 0. The average molecular weight is 202 g/mol. The van der Waals surface area contributed by atoms with Crippen molar-refractivity contribution >= 4 is 0 Å². The normalized spacial score (nSPS) is 39.3. The topological polar surface area (TPSA) is 38.9 Å². The summed E-state index contributed by atoms with van der Waals surface area (Å²) in [6.07, 6.45) is 9.18. The molecule has 0 unspecified atom stereocenters. The molecular formula is C13H18N2. The molecule has 0 saturated heterocycles. The predicted molar refractivity (Wildman–Crippen MR) is 60.5 cm³/mol. The number of fused-ring (bicyclic) bond motifs is 3. The maximum atomic E-state index is 6.31.